The number of rotatable bonds is 13. The summed E-state index contributed by atoms with van der Waals surface area (Å²) in [4.78, 5) is 28.8. The van der Waals surface area contributed by atoms with Crippen LogP contribution in [0.2, 0.25) is 0 Å². The number of aromatic nitrogens is 1. The van der Waals surface area contributed by atoms with Crippen LogP contribution in [0.3, 0.4) is 0 Å². The highest BCUT2D eigenvalue weighted by Gasteiger charge is 2.15. The van der Waals surface area contributed by atoms with E-state index >= 15 is 0 Å². The third-order valence-electron chi connectivity index (χ3n) is 5.57. The zero-order valence-electron chi connectivity index (χ0n) is 19.0. The Hall–Kier alpha value is -3.45. The fourth-order valence-electron chi connectivity index (χ4n) is 3.79. The third kappa shape index (κ3) is 7.29. The number of unbranched alkanes of at least 4 members (excludes halogenated alkanes) is 6. The first-order valence-electron chi connectivity index (χ1n) is 11.6. The van der Waals surface area contributed by atoms with Crippen molar-refractivity contribution in [2.75, 3.05) is 17.2 Å². The van der Waals surface area contributed by atoms with Gasteiger partial charge in [-0.05, 0) is 49.7 Å². The van der Waals surface area contributed by atoms with Crippen LogP contribution in [-0.2, 0) is 4.79 Å². The maximum atomic E-state index is 12.4. The van der Waals surface area contributed by atoms with E-state index < -0.39 is 5.91 Å². The minimum Gasteiger partial charge on any atom is -0.365 e. The highest BCUT2D eigenvalue weighted by Crippen LogP contribution is 2.31. The van der Waals surface area contributed by atoms with Crippen LogP contribution in [-0.4, -0.2) is 23.3 Å². The smallest absolute Gasteiger partial charge is 0.252 e. The number of para-hydroxylation sites is 1. The Labute approximate surface area is 195 Å². The van der Waals surface area contributed by atoms with E-state index in [1.165, 1.54) is 25.5 Å². The van der Waals surface area contributed by atoms with Crippen molar-refractivity contribution in [3.63, 3.8) is 0 Å². The standard InChI is InChI=1S/C26H33N5O2/c27-16-10-5-3-1-2-4-9-13-24(32)30-20-14-15-23-21(17-20)25(22(18-29-23)26(28)33)31-19-11-7-6-8-12-19/h6-8,11-12,14-15,17-18H,1-5,9-10,13,16,27H2,(H2,28,33)(H,29,31)(H,30,32). The van der Waals surface area contributed by atoms with E-state index in [1.54, 1.807) is 0 Å². The molecule has 174 valence electrons. The van der Waals surface area contributed by atoms with Crippen LogP contribution in [0.4, 0.5) is 17.1 Å². The first kappa shape index (κ1) is 24.2. The molecule has 1 aromatic heterocycles. The number of carbonyl (C=O) groups excluding carboxylic acids is 2. The fraction of sp³-hybridized carbons (Fsp3) is 0.346. The van der Waals surface area contributed by atoms with Gasteiger partial charge in [0.2, 0.25) is 5.91 Å². The summed E-state index contributed by atoms with van der Waals surface area (Å²) in [5.41, 5.74) is 14.2. The maximum Gasteiger partial charge on any atom is 0.252 e. The quantitative estimate of drug-likeness (QED) is 0.272. The second kappa shape index (κ2) is 12.6. The zero-order chi connectivity index (χ0) is 23.5. The summed E-state index contributed by atoms with van der Waals surface area (Å²) in [6.07, 6.45) is 9.69. The number of nitrogens with zero attached hydrogens (tertiary/aromatic N) is 1. The van der Waals surface area contributed by atoms with Crippen molar-refractivity contribution in [3.05, 3.63) is 60.3 Å². The Kier molecular flexibility index (Phi) is 9.20. The summed E-state index contributed by atoms with van der Waals surface area (Å²) in [6.45, 7) is 0.763. The second-order valence-corrected chi connectivity index (χ2v) is 8.20. The highest BCUT2D eigenvalue weighted by molar-refractivity contribution is 6.08. The lowest BCUT2D eigenvalue weighted by Crippen LogP contribution is -2.14. The van der Waals surface area contributed by atoms with Gasteiger partial charge in [-0.15, -0.1) is 0 Å². The summed E-state index contributed by atoms with van der Waals surface area (Å²) < 4.78 is 0. The van der Waals surface area contributed by atoms with Gasteiger partial charge in [0.25, 0.3) is 5.91 Å². The van der Waals surface area contributed by atoms with Crippen molar-refractivity contribution in [2.45, 2.75) is 51.4 Å². The van der Waals surface area contributed by atoms with Crippen LogP contribution in [0, 0.1) is 0 Å². The molecule has 7 nitrogen and oxygen atoms in total. The number of benzene rings is 2. The van der Waals surface area contributed by atoms with Crippen molar-refractivity contribution in [1.82, 2.24) is 4.98 Å². The van der Waals surface area contributed by atoms with Crippen LogP contribution in [0.5, 0.6) is 0 Å². The molecule has 3 aromatic rings. The number of anilines is 3. The van der Waals surface area contributed by atoms with E-state index in [4.69, 9.17) is 11.5 Å². The molecule has 6 N–H and O–H groups in total. The van der Waals surface area contributed by atoms with E-state index in [2.05, 4.69) is 15.6 Å². The SMILES string of the molecule is NCCCCCCCCCC(=O)Nc1ccc2ncc(C(N)=O)c(Nc3ccccc3)c2c1. The number of nitrogens with two attached hydrogens (primary N) is 2. The maximum absolute atomic E-state index is 12.4. The topological polar surface area (TPSA) is 123 Å². The Balaban J connectivity index is 1.66. The second-order valence-electron chi connectivity index (χ2n) is 8.20. The molecule has 1 heterocycles. The molecule has 0 fully saturated rings. The van der Waals surface area contributed by atoms with Crippen molar-refractivity contribution in [2.24, 2.45) is 11.5 Å². The average molecular weight is 448 g/mol. The Bertz CT molecular complexity index is 1070. The van der Waals surface area contributed by atoms with Gasteiger partial charge >= 0.3 is 0 Å². The molecule has 0 spiro atoms. The van der Waals surface area contributed by atoms with Gasteiger partial charge in [-0.1, -0.05) is 50.3 Å². The van der Waals surface area contributed by atoms with Crippen molar-refractivity contribution >= 4 is 39.8 Å². The molecular formula is C26H33N5O2. The molecule has 0 unspecified atom stereocenters. The summed E-state index contributed by atoms with van der Waals surface area (Å²) in [6, 6.07) is 15.0. The summed E-state index contributed by atoms with van der Waals surface area (Å²) in [5, 5.41) is 6.96. The van der Waals surface area contributed by atoms with E-state index in [1.807, 2.05) is 48.5 Å². The summed E-state index contributed by atoms with van der Waals surface area (Å²) in [5.74, 6) is -0.589. The minimum atomic E-state index is -0.569. The van der Waals surface area contributed by atoms with Gasteiger partial charge in [0.1, 0.15) is 0 Å². The molecule has 0 saturated heterocycles. The number of hydrogen-bond donors (Lipinski definition) is 4. The van der Waals surface area contributed by atoms with E-state index in [0.717, 1.165) is 37.9 Å². The van der Waals surface area contributed by atoms with Gasteiger partial charge in [-0.2, -0.15) is 0 Å². The molecule has 2 amide bonds. The average Bonchev–Trinajstić information content (AvgIpc) is 2.81. The Morgan fingerprint density at radius 2 is 1.55 bits per heavy atom. The number of amides is 2. The highest BCUT2D eigenvalue weighted by atomic mass is 16.1. The zero-order valence-corrected chi connectivity index (χ0v) is 19.0. The number of hydrogen-bond acceptors (Lipinski definition) is 5. The number of pyridine rings is 1. The van der Waals surface area contributed by atoms with E-state index in [0.29, 0.717) is 34.3 Å². The molecule has 0 atom stereocenters. The predicted molar refractivity (Wildman–Crippen MR) is 135 cm³/mol. The first-order valence-corrected chi connectivity index (χ1v) is 11.6. The number of carbonyl (C=O) groups is 2. The fourth-order valence-corrected chi connectivity index (χ4v) is 3.79. The van der Waals surface area contributed by atoms with Gasteiger partial charge in [0.05, 0.1) is 16.8 Å². The van der Waals surface area contributed by atoms with Crippen LogP contribution < -0.4 is 22.1 Å². The molecule has 2 aromatic carbocycles. The largest absolute Gasteiger partial charge is 0.365 e. The van der Waals surface area contributed by atoms with Gasteiger partial charge < -0.3 is 22.1 Å². The van der Waals surface area contributed by atoms with Crippen LogP contribution >= 0.6 is 0 Å². The molecular weight excluding hydrogens is 414 g/mol. The molecule has 0 saturated carbocycles. The van der Waals surface area contributed by atoms with Gasteiger partial charge in [-0.3, -0.25) is 14.6 Å². The van der Waals surface area contributed by atoms with Crippen LogP contribution in [0.1, 0.15) is 61.7 Å². The summed E-state index contributed by atoms with van der Waals surface area (Å²) in [7, 11) is 0. The molecule has 0 bridgehead atoms. The van der Waals surface area contributed by atoms with Gasteiger partial charge in [-0.25, -0.2) is 0 Å². The normalized spacial score (nSPS) is 10.8. The number of fused-ring (bicyclic) bond motifs is 1. The molecule has 0 aliphatic heterocycles. The number of nitrogens with one attached hydrogen (secondary N) is 2. The van der Waals surface area contributed by atoms with Crippen molar-refractivity contribution < 1.29 is 9.59 Å². The summed E-state index contributed by atoms with van der Waals surface area (Å²) >= 11 is 0. The van der Waals surface area contributed by atoms with Crippen LogP contribution in [0.25, 0.3) is 10.9 Å². The predicted octanol–water partition coefficient (Wildman–Crippen LogP) is 5.10. The van der Waals surface area contributed by atoms with Crippen molar-refractivity contribution in [3.8, 4) is 0 Å². The third-order valence-corrected chi connectivity index (χ3v) is 5.57. The first-order chi connectivity index (χ1) is 16.1. The molecule has 0 radical (unpaired) electrons. The minimum absolute atomic E-state index is 0.0194. The molecule has 0 aliphatic carbocycles. The molecule has 7 heteroatoms. The van der Waals surface area contributed by atoms with E-state index in [-0.39, 0.29) is 5.91 Å². The van der Waals surface area contributed by atoms with Gasteiger partial charge in [0, 0.05) is 29.4 Å². The molecule has 0 aliphatic rings. The lowest BCUT2D eigenvalue weighted by Gasteiger charge is -2.14. The lowest BCUT2D eigenvalue weighted by atomic mass is 10.1. The Morgan fingerprint density at radius 1 is 0.848 bits per heavy atom. The van der Waals surface area contributed by atoms with Gasteiger partial charge in [0.15, 0.2) is 0 Å². The Morgan fingerprint density at radius 3 is 2.24 bits per heavy atom. The monoisotopic (exact) mass is 447 g/mol. The lowest BCUT2D eigenvalue weighted by molar-refractivity contribution is -0.116. The van der Waals surface area contributed by atoms with E-state index in [9.17, 15) is 9.59 Å². The van der Waals surface area contributed by atoms with Crippen molar-refractivity contribution in [1.29, 1.82) is 0 Å². The molecule has 3 rings (SSSR count). The van der Waals surface area contributed by atoms with Crippen LogP contribution in [0.15, 0.2) is 54.7 Å². The number of primary amides is 1. The molecule has 33 heavy (non-hydrogen) atoms.